The Morgan fingerprint density at radius 1 is 1.29 bits per heavy atom. The van der Waals surface area contributed by atoms with Gasteiger partial charge in [-0.05, 0) is 17.8 Å². The highest BCUT2D eigenvalue weighted by molar-refractivity contribution is 8.50. The minimum atomic E-state index is -0.769. The molecule has 0 spiro atoms. The Morgan fingerprint density at radius 2 is 1.43 bits per heavy atom. The van der Waals surface area contributed by atoms with E-state index in [4.69, 9.17) is 10.7 Å². The van der Waals surface area contributed by atoms with Crippen LogP contribution in [0.3, 0.4) is 0 Å². The van der Waals surface area contributed by atoms with Gasteiger partial charge in [0.25, 0.3) is 0 Å². The van der Waals surface area contributed by atoms with Crippen LogP contribution in [0.2, 0.25) is 0 Å². The lowest BCUT2D eigenvalue weighted by Gasteiger charge is -2.26. The molecule has 0 aromatic rings. The molecule has 0 aliphatic heterocycles. The summed E-state index contributed by atoms with van der Waals surface area (Å²) in [5, 5.41) is 0.647. The quantitative estimate of drug-likeness (QED) is 0.526. The topological polar surface area (TPSA) is 0 Å². The fourth-order valence-electron chi connectivity index (χ4n) is 0. The van der Waals surface area contributed by atoms with Gasteiger partial charge in [0.15, 0.2) is 0 Å². The monoisotopic (exact) mass is 140 g/mol. The van der Waals surface area contributed by atoms with Crippen LogP contribution in [0.1, 0.15) is 13.8 Å². The van der Waals surface area contributed by atoms with Gasteiger partial charge >= 0.3 is 0 Å². The van der Waals surface area contributed by atoms with Crippen LogP contribution < -0.4 is 0 Å². The molecule has 0 radical (unpaired) electrons. The highest BCUT2D eigenvalue weighted by Gasteiger charge is 2.10. The van der Waals surface area contributed by atoms with Gasteiger partial charge < -0.3 is 0 Å². The third-order valence-electron chi connectivity index (χ3n) is 1.12. The number of halogens is 1. The summed E-state index contributed by atoms with van der Waals surface area (Å²) in [6.07, 6.45) is 4.22. The molecule has 0 amide bonds. The van der Waals surface area contributed by atoms with E-state index in [1.165, 1.54) is 0 Å². The molecule has 0 heterocycles. The first-order valence-electron chi connectivity index (χ1n) is 2.36. The van der Waals surface area contributed by atoms with E-state index in [-0.39, 0.29) is 0 Å². The van der Waals surface area contributed by atoms with E-state index < -0.39 is 9.24 Å². The zero-order chi connectivity index (χ0) is 6.08. The first kappa shape index (κ1) is 7.64. The Kier molecular flexibility index (Phi) is 2.48. The number of rotatable bonds is 1. The van der Waals surface area contributed by atoms with Gasteiger partial charge in [0.05, 0.1) is 0 Å². The summed E-state index contributed by atoms with van der Waals surface area (Å²) in [5.41, 5.74) is 0. The molecular formula is C5H13ClS. The minimum Gasteiger partial charge on any atom is -0.167 e. The maximum Gasteiger partial charge on any atom is -0.00479 e. The maximum atomic E-state index is 5.95. The van der Waals surface area contributed by atoms with Crippen LogP contribution in [-0.4, -0.2) is 17.8 Å². The molecular weight excluding hydrogens is 128 g/mol. The summed E-state index contributed by atoms with van der Waals surface area (Å²) in [6, 6.07) is 0. The first-order chi connectivity index (χ1) is 2.94. The highest BCUT2D eigenvalue weighted by atomic mass is 35.7. The molecule has 0 nitrogen and oxygen atoms in total. The number of hydrogen-bond donors (Lipinski definition) is 0. The molecule has 0 unspecified atom stereocenters. The van der Waals surface area contributed by atoms with Crippen molar-refractivity contribution in [3.05, 3.63) is 0 Å². The molecule has 2 heteroatoms. The van der Waals surface area contributed by atoms with E-state index in [0.29, 0.717) is 5.25 Å². The Bertz CT molecular complexity index is 53.6. The lowest BCUT2D eigenvalue weighted by molar-refractivity contribution is 1.10. The molecule has 0 atom stereocenters. The van der Waals surface area contributed by atoms with Crippen molar-refractivity contribution in [3.8, 4) is 0 Å². The minimum absolute atomic E-state index is 0.647. The first-order valence-corrected chi connectivity index (χ1v) is 5.70. The third-order valence-corrected chi connectivity index (χ3v) is 4.43. The lowest BCUT2D eigenvalue weighted by Crippen LogP contribution is -2.00. The van der Waals surface area contributed by atoms with Gasteiger partial charge in [-0.15, -0.1) is 0 Å². The molecule has 0 saturated heterocycles. The molecule has 0 fully saturated rings. The van der Waals surface area contributed by atoms with Crippen LogP contribution >= 0.6 is 19.9 Å². The van der Waals surface area contributed by atoms with Crippen LogP contribution in [0, 0.1) is 0 Å². The van der Waals surface area contributed by atoms with Crippen molar-refractivity contribution in [1.82, 2.24) is 0 Å². The zero-order valence-corrected chi connectivity index (χ0v) is 6.94. The maximum absolute atomic E-state index is 5.95. The second-order valence-electron chi connectivity index (χ2n) is 2.33. The SMILES string of the molecule is CC(C)S(C)(C)Cl. The van der Waals surface area contributed by atoms with Gasteiger partial charge in [0, 0.05) is 0 Å². The summed E-state index contributed by atoms with van der Waals surface area (Å²) in [7, 11) is 5.18. The summed E-state index contributed by atoms with van der Waals surface area (Å²) in [4.78, 5) is 0. The van der Waals surface area contributed by atoms with Crippen molar-refractivity contribution >= 4 is 19.9 Å². The van der Waals surface area contributed by atoms with Gasteiger partial charge in [-0.25, -0.2) is 0 Å². The van der Waals surface area contributed by atoms with Crippen molar-refractivity contribution in [2.45, 2.75) is 19.1 Å². The van der Waals surface area contributed by atoms with Crippen molar-refractivity contribution in [1.29, 1.82) is 0 Å². The highest BCUT2D eigenvalue weighted by Crippen LogP contribution is 2.49. The van der Waals surface area contributed by atoms with E-state index in [1.54, 1.807) is 0 Å². The van der Waals surface area contributed by atoms with Gasteiger partial charge in [-0.3, -0.25) is 0 Å². The molecule has 0 N–H and O–H groups in total. The van der Waals surface area contributed by atoms with E-state index in [1.807, 2.05) is 0 Å². The molecule has 0 aliphatic rings. The molecule has 0 bridgehead atoms. The van der Waals surface area contributed by atoms with Crippen LogP contribution in [-0.2, 0) is 0 Å². The van der Waals surface area contributed by atoms with Crippen LogP contribution in [0.5, 0.6) is 0 Å². The third kappa shape index (κ3) is 3.24. The van der Waals surface area contributed by atoms with E-state index >= 15 is 0 Å². The lowest BCUT2D eigenvalue weighted by atomic mass is 10.6. The Labute approximate surface area is 52.1 Å². The van der Waals surface area contributed by atoms with Crippen LogP contribution in [0.25, 0.3) is 0 Å². The van der Waals surface area contributed by atoms with E-state index in [9.17, 15) is 0 Å². The van der Waals surface area contributed by atoms with Crippen molar-refractivity contribution < 1.29 is 0 Å². The van der Waals surface area contributed by atoms with Gasteiger partial charge in [0.2, 0.25) is 0 Å². The summed E-state index contributed by atoms with van der Waals surface area (Å²) >= 11 is 0. The molecule has 46 valence electrons. The molecule has 7 heavy (non-hydrogen) atoms. The largest absolute Gasteiger partial charge is 0.167 e. The molecule has 0 rings (SSSR count). The van der Waals surface area contributed by atoms with Crippen LogP contribution in [0.15, 0.2) is 0 Å². The Morgan fingerprint density at radius 3 is 1.43 bits per heavy atom. The number of hydrogen-bond acceptors (Lipinski definition) is 0. The second-order valence-corrected chi connectivity index (χ2v) is 8.21. The second kappa shape index (κ2) is 2.27. The van der Waals surface area contributed by atoms with Crippen LogP contribution in [0.4, 0.5) is 0 Å². The average molecular weight is 141 g/mol. The van der Waals surface area contributed by atoms with E-state index in [0.717, 1.165) is 0 Å². The van der Waals surface area contributed by atoms with Crippen molar-refractivity contribution in [2.24, 2.45) is 0 Å². The van der Waals surface area contributed by atoms with Gasteiger partial charge in [-0.1, -0.05) is 24.5 Å². The fraction of sp³-hybridized carbons (Fsp3) is 1.00. The smallest absolute Gasteiger partial charge is 0.00479 e. The van der Waals surface area contributed by atoms with E-state index in [2.05, 4.69) is 26.4 Å². The van der Waals surface area contributed by atoms with Gasteiger partial charge in [0.1, 0.15) is 0 Å². The molecule has 0 aliphatic carbocycles. The Hall–Kier alpha value is 0.640. The Balaban J connectivity index is 3.54. The summed E-state index contributed by atoms with van der Waals surface area (Å²) in [5.74, 6) is 0. The molecule has 0 aromatic carbocycles. The summed E-state index contributed by atoms with van der Waals surface area (Å²) in [6.45, 7) is 4.31. The predicted molar refractivity (Wildman–Crippen MR) is 40.4 cm³/mol. The normalized spacial score (nSPS) is 15.1. The standard InChI is InChI=1S/C5H13ClS/c1-5(2)7(3,4)6/h5H,1-4H3. The van der Waals surface area contributed by atoms with Crippen molar-refractivity contribution in [2.75, 3.05) is 12.5 Å². The molecule has 0 saturated carbocycles. The zero-order valence-electron chi connectivity index (χ0n) is 5.36. The van der Waals surface area contributed by atoms with Gasteiger partial charge in [-0.2, -0.15) is 9.24 Å². The fourth-order valence-corrected chi connectivity index (χ4v) is 0. The predicted octanol–water partition coefficient (Wildman–Crippen LogP) is 2.61. The summed E-state index contributed by atoms with van der Waals surface area (Å²) < 4.78 is 0. The molecule has 0 aromatic heterocycles. The van der Waals surface area contributed by atoms with Crippen molar-refractivity contribution in [3.63, 3.8) is 0 Å². The average Bonchev–Trinajstić information content (AvgIpc) is 1.31.